The summed E-state index contributed by atoms with van der Waals surface area (Å²) < 4.78 is 10.9. The van der Waals surface area contributed by atoms with Gasteiger partial charge in [-0.2, -0.15) is 0 Å². The van der Waals surface area contributed by atoms with Crippen molar-refractivity contribution in [3.63, 3.8) is 0 Å². The molecule has 1 atom stereocenters. The van der Waals surface area contributed by atoms with Crippen molar-refractivity contribution in [3.8, 4) is 11.5 Å². The van der Waals surface area contributed by atoms with Gasteiger partial charge in [-0.1, -0.05) is 19.4 Å². The number of ether oxygens (including phenoxy) is 2. The highest BCUT2D eigenvalue weighted by Gasteiger charge is 2.21. The third kappa shape index (κ3) is 2.46. The molecule has 100 valence electrons. The van der Waals surface area contributed by atoms with Gasteiger partial charge in [0, 0.05) is 11.6 Å². The van der Waals surface area contributed by atoms with E-state index in [0.717, 1.165) is 24.5 Å². The molecule has 0 radical (unpaired) electrons. The Balaban J connectivity index is 2.40. The van der Waals surface area contributed by atoms with Crippen molar-refractivity contribution >= 4 is 0 Å². The Hall–Kier alpha value is -1.22. The van der Waals surface area contributed by atoms with Gasteiger partial charge in [0.1, 0.15) is 0 Å². The molecule has 1 fully saturated rings. The zero-order chi connectivity index (χ0) is 13.0. The fourth-order valence-electron chi connectivity index (χ4n) is 2.81. The SMILES string of the molecule is CCc1c(C2CCCCN2)ccc(OC)c1OC. The summed E-state index contributed by atoms with van der Waals surface area (Å²) in [5.41, 5.74) is 2.64. The van der Waals surface area contributed by atoms with Crippen LogP contribution in [0.25, 0.3) is 0 Å². The standard InChI is InChI=1S/C15H23NO2/c1-4-11-12(13-7-5-6-10-16-13)8-9-14(17-2)15(11)18-3/h8-9,13,16H,4-7,10H2,1-3H3. The minimum absolute atomic E-state index is 0.466. The second-order valence-electron chi connectivity index (χ2n) is 4.72. The van der Waals surface area contributed by atoms with E-state index in [1.54, 1.807) is 14.2 Å². The van der Waals surface area contributed by atoms with E-state index in [1.165, 1.54) is 30.4 Å². The molecule has 1 aromatic carbocycles. The number of hydrogen-bond acceptors (Lipinski definition) is 3. The molecular formula is C15H23NO2. The molecule has 1 aliphatic heterocycles. The van der Waals surface area contributed by atoms with Crippen LogP contribution in [0, 0.1) is 0 Å². The molecule has 1 saturated heterocycles. The highest BCUT2D eigenvalue weighted by Crippen LogP contribution is 2.37. The van der Waals surface area contributed by atoms with Crippen LogP contribution in [-0.2, 0) is 6.42 Å². The molecule has 3 heteroatoms. The van der Waals surface area contributed by atoms with E-state index >= 15 is 0 Å². The first-order valence-corrected chi connectivity index (χ1v) is 6.79. The molecule has 0 amide bonds. The highest BCUT2D eigenvalue weighted by molar-refractivity contribution is 5.51. The smallest absolute Gasteiger partial charge is 0.164 e. The van der Waals surface area contributed by atoms with Gasteiger partial charge in [0.15, 0.2) is 11.5 Å². The molecule has 1 aromatic rings. The zero-order valence-electron chi connectivity index (χ0n) is 11.6. The number of nitrogens with one attached hydrogen (secondary N) is 1. The van der Waals surface area contributed by atoms with Crippen molar-refractivity contribution in [1.82, 2.24) is 5.32 Å². The van der Waals surface area contributed by atoms with E-state index in [0.29, 0.717) is 6.04 Å². The van der Waals surface area contributed by atoms with Crippen LogP contribution in [0.1, 0.15) is 43.4 Å². The predicted molar refractivity (Wildman–Crippen MR) is 73.5 cm³/mol. The lowest BCUT2D eigenvalue weighted by Crippen LogP contribution is -2.27. The van der Waals surface area contributed by atoms with Gasteiger partial charge < -0.3 is 14.8 Å². The summed E-state index contributed by atoms with van der Waals surface area (Å²) in [6.07, 6.45) is 4.76. The number of rotatable bonds is 4. The van der Waals surface area contributed by atoms with Crippen molar-refractivity contribution in [3.05, 3.63) is 23.3 Å². The Bertz CT molecular complexity index is 398. The van der Waals surface area contributed by atoms with Crippen LogP contribution < -0.4 is 14.8 Å². The number of piperidine rings is 1. The average molecular weight is 249 g/mol. The Morgan fingerprint density at radius 1 is 1.22 bits per heavy atom. The monoisotopic (exact) mass is 249 g/mol. The van der Waals surface area contributed by atoms with Crippen molar-refractivity contribution in [2.45, 2.75) is 38.6 Å². The van der Waals surface area contributed by atoms with Crippen LogP contribution in [0.3, 0.4) is 0 Å². The van der Waals surface area contributed by atoms with Gasteiger partial charge in [0.25, 0.3) is 0 Å². The Morgan fingerprint density at radius 2 is 2.06 bits per heavy atom. The Morgan fingerprint density at radius 3 is 2.61 bits per heavy atom. The normalized spacial score (nSPS) is 19.6. The molecule has 0 spiro atoms. The van der Waals surface area contributed by atoms with E-state index in [1.807, 2.05) is 6.07 Å². The topological polar surface area (TPSA) is 30.5 Å². The van der Waals surface area contributed by atoms with E-state index in [4.69, 9.17) is 9.47 Å². The Labute approximate surface area is 109 Å². The molecule has 1 aliphatic rings. The summed E-state index contributed by atoms with van der Waals surface area (Å²) in [5, 5.41) is 3.60. The van der Waals surface area contributed by atoms with Crippen LogP contribution in [0.15, 0.2) is 12.1 Å². The van der Waals surface area contributed by atoms with Crippen LogP contribution in [0.4, 0.5) is 0 Å². The van der Waals surface area contributed by atoms with Gasteiger partial charge in [-0.3, -0.25) is 0 Å². The van der Waals surface area contributed by atoms with E-state index < -0.39 is 0 Å². The predicted octanol–water partition coefficient (Wildman–Crippen LogP) is 3.08. The van der Waals surface area contributed by atoms with Crippen LogP contribution >= 0.6 is 0 Å². The minimum Gasteiger partial charge on any atom is -0.493 e. The molecule has 0 aromatic heterocycles. The lowest BCUT2D eigenvalue weighted by Gasteiger charge is -2.27. The van der Waals surface area contributed by atoms with Gasteiger partial charge in [-0.15, -0.1) is 0 Å². The maximum atomic E-state index is 5.54. The van der Waals surface area contributed by atoms with E-state index in [-0.39, 0.29) is 0 Å². The second-order valence-corrected chi connectivity index (χ2v) is 4.72. The third-order valence-corrected chi connectivity index (χ3v) is 3.72. The lowest BCUT2D eigenvalue weighted by molar-refractivity contribution is 0.348. The molecule has 2 rings (SSSR count). The summed E-state index contributed by atoms with van der Waals surface area (Å²) in [5.74, 6) is 1.72. The summed E-state index contributed by atoms with van der Waals surface area (Å²) in [4.78, 5) is 0. The van der Waals surface area contributed by atoms with Crippen molar-refractivity contribution in [1.29, 1.82) is 0 Å². The van der Waals surface area contributed by atoms with Crippen LogP contribution in [-0.4, -0.2) is 20.8 Å². The molecule has 18 heavy (non-hydrogen) atoms. The molecule has 3 nitrogen and oxygen atoms in total. The zero-order valence-corrected chi connectivity index (χ0v) is 11.6. The van der Waals surface area contributed by atoms with Gasteiger partial charge >= 0.3 is 0 Å². The van der Waals surface area contributed by atoms with E-state index in [2.05, 4.69) is 18.3 Å². The van der Waals surface area contributed by atoms with E-state index in [9.17, 15) is 0 Å². The van der Waals surface area contributed by atoms with Gasteiger partial charge in [-0.05, 0) is 37.4 Å². The first kappa shape index (κ1) is 13.2. The summed E-state index contributed by atoms with van der Waals surface area (Å²) >= 11 is 0. The summed E-state index contributed by atoms with van der Waals surface area (Å²) in [6, 6.07) is 4.67. The first-order chi connectivity index (χ1) is 8.81. The van der Waals surface area contributed by atoms with Gasteiger partial charge in [-0.25, -0.2) is 0 Å². The largest absolute Gasteiger partial charge is 0.493 e. The molecule has 1 N–H and O–H groups in total. The highest BCUT2D eigenvalue weighted by atomic mass is 16.5. The molecule has 1 heterocycles. The Kier molecular flexibility index (Phi) is 4.48. The van der Waals surface area contributed by atoms with Crippen molar-refractivity contribution in [2.75, 3.05) is 20.8 Å². The minimum atomic E-state index is 0.466. The summed E-state index contributed by atoms with van der Waals surface area (Å²) in [6.45, 7) is 3.28. The third-order valence-electron chi connectivity index (χ3n) is 3.72. The van der Waals surface area contributed by atoms with Crippen LogP contribution in [0.2, 0.25) is 0 Å². The maximum absolute atomic E-state index is 5.54. The van der Waals surface area contributed by atoms with Crippen LogP contribution in [0.5, 0.6) is 11.5 Å². The average Bonchev–Trinajstić information content (AvgIpc) is 2.46. The summed E-state index contributed by atoms with van der Waals surface area (Å²) in [7, 11) is 3.41. The molecular weight excluding hydrogens is 226 g/mol. The quantitative estimate of drug-likeness (QED) is 0.889. The maximum Gasteiger partial charge on any atom is 0.164 e. The molecule has 0 bridgehead atoms. The number of benzene rings is 1. The van der Waals surface area contributed by atoms with Gasteiger partial charge in [0.2, 0.25) is 0 Å². The van der Waals surface area contributed by atoms with Gasteiger partial charge in [0.05, 0.1) is 14.2 Å². The fraction of sp³-hybridized carbons (Fsp3) is 0.600. The molecule has 0 saturated carbocycles. The lowest BCUT2D eigenvalue weighted by atomic mass is 9.92. The first-order valence-electron chi connectivity index (χ1n) is 6.79. The fourth-order valence-corrected chi connectivity index (χ4v) is 2.81. The molecule has 1 unspecified atom stereocenters. The van der Waals surface area contributed by atoms with Crippen molar-refractivity contribution < 1.29 is 9.47 Å². The number of methoxy groups -OCH3 is 2. The number of hydrogen-bond donors (Lipinski definition) is 1. The van der Waals surface area contributed by atoms with Crippen molar-refractivity contribution in [2.24, 2.45) is 0 Å². The second kappa shape index (κ2) is 6.10. The molecule has 0 aliphatic carbocycles.